The second-order valence-corrected chi connectivity index (χ2v) is 11.5. The highest BCUT2D eigenvalue weighted by atomic mass is 32.2. The number of hydrogen-bond acceptors (Lipinski definition) is 5. The first-order valence-corrected chi connectivity index (χ1v) is 12.8. The summed E-state index contributed by atoms with van der Waals surface area (Å²) in [4.78, 5) is 30.3. The van der Waals surface area contributed by atoms with Crippen molar-refractivity contribution in [1.29, 1.82) is 0 Å². The summed E-state index contributed by atoms with van der Waals surface area (Å²) in [7, 11) is -3.36. The van der Waals surface area contributed by atoms with E-state index in [1.807, 2.05) is 12.1 Å². The number of amides is 1. The lowest BCUT2D eigenvalue weighted by molar-refractivity contribution is 0.0704. The Morgan fingerprint density at radius 3 is 2.70 bits per heavy atom. The first-order valence-electron chi connectivity index (χ1n) is 10.9. The molecule has 0 radical (unpaired) electrons. The second-order valence-electron chi connectivity index (χ2n) is 9.69. The maximum Gasteiger partial charge on any atom is 0.257 e. The van der Waals surface area contributed by atoms with Gasteiger partial charge in [-0.15, -0.1) is 0 Å². The van der Waals surface area contributed by atoms with Crippen molar-refractivity contribution in [2.75, 3.05) is 19.3 Å². The number of fused-ring (bicyclic) bond motifs is 1. The Kier molecular flexibility index (Phi) is 5.96. The predicted octanol–water partition coefficient (Wildman–Crippen LogP) is 3.24. The maximum atomic E-state index is 13.5. The van der Waals surface area contributed by atoms with E-state index < -0.39 is 10.0 Å². The average Bonchev–Trinajstić information content (AvgIpc) is 3.15. The van der Waals surface area contributed by atoms with Crippen LogP contribution in [0, 0.1) is 0 Å². The van der Waals surface area contributed by atoms with Crippen LogP contribution in [0.15, 0.2) is 45.9 Å². The third-order valence-electron chi connectivity index (χ3n) is 5.93. The number of likely N-dealkylation sites (tertiary alicyclic amines) is 1. The van der Waals surface area contributed by atoms with E-state index in [2.05, 4.69) is 30.5 Å². The zero-order valence-corrected chi connectivity index (χ0v) is 20.1. The van der Waals surface area contributed by atoms with E-state index in [0.717, 1.165) is 11.8 Å². The molecule has 1 amide bonds. The summed E-state index contributed by atoms with van der Waals surface area (Å²) in [5, 5.41) is 0.642. The number of hydrogen-bond donors (Lipinski definition) is 2. The first kappa shape index (κ1) is 23.3. The van der Waals surface area contributed by atoms with Gasteiger partial charge in [0.2, 0.25) is 10.0 Å². The van der Waals surface area contributed by atoms with Gasteiger partial charge in [-0.25, -0.2) is 13.1 Å². The van der Waals surface area contributed by atoms with E-state index in [9.17, 15) is 18.0 Å². The van der Waals surface area contributed by atoms with E-state index in [4.69, 9.17) is 4.42 Å². The first-order chi connectivity index (χ1) is 15.4. The van der Waals surface area contributed by atoms with Gasteiger partial charge in [0.15, 0.2) is 0 Å². The second kappa shape index (κ2) is 8.46. The molecule has 0 spiro atoms. The number of aromatic amines is 1. The predicted molar refractivity (Wildman–Crippen MR) is 128 cm³/mol. The Hall–Kier alpha value is -2.91. The fourth-order valence-electron chi connectivity index (χ4n) is 4.40. The Balaban J connectivity index is 1.79. The minimum Gasteiger partial charge on any atom is -0.463 e. The number of H-pyrrole nitrogens is 1. The number of carbonyl (C=O) groups excluding carboxylic acids is 1. The Labute approximate surface area is 193 Å². The standard InChI is InChI=1S/C24H29N3O5S/c1-24(2,3)20-12-15(17-8-5-9-25-22(17)28)11-18-19(14-32-21(18)20)23(29)27-10-6-7-16(13-27)26-33(4,30)31/h5,8-9,11-12,14,16,26H,6-7,10,13H2,1-4H3,(H,25,28)/t16-/m0/s1. The highest BCUT2D eigenvalue weighted by molar-refractivity contribution is 7.88. The SMILES string of the molecule is CC(C)(C)c1cc(-c2ccc[nH]c2=O)cc2c(C(=O)N3CCC[C@H](NS(C)(=O)=O)C3)coc12. The number of carbonyl (C=O) groups is 1. The van der Waals surface area contributed by atoms with E-state index in [-0.39, 0.29) is 22.9 Å². The molecule has 2 N–H and O–H groups in total. The highest BCUT2D eigenvalue weighted by Gasteiger charge is 2.30. The van der Waals surface area contributed by atoms with Crippen molar-refractivity contribution in [3.63, 3.8) is 0 Å². The summed E-state index contributed by atoms with van der Waals surface area (Å²) in [6.45, 7) is 6.99. The fourth-order valence-corrected chi connectivity index (χ4v) is 5.19. The van der Waals surface area contributed by atoms with Gasteiger partial charge in [-0.05, 0) is 48.1 Å². The molecule has 1 aliphatic rings. The van der Waals surface area contributed by atoms with Crippen molar-refractivity contribution in [3.05, 3.63) is 58.2 Å². The zero-order chi connectivity index (χ0) is 24.0. The van der Waals surface area contributed by atoms with Crippen LogP contribution >= 0.6 is 0 Å². The van der Waals surface area contributed by atoms with Gasteiger partial charge in [-0.3, -0.25) is 9.59 Å². The number of piperidine rings is 1. The zero-order valence-electron chi connectivity index (χ0n) is 19.3. The molecule has 33 heavy (non-hydrogen) atoms. The topological polar surface area (TPSA) is 112 Å². The summed E-state index contributed by atoms with van der Waals surface area (Å²) >= 11 is 0. The van der Waals surface area contributed by atoms with Crippen molar-refractivity contribution in [2.45, 2.75) is 45.1 Å². The number of sulfonamides is 1. The van der Waals surface area contributed by atoms with Gasteiger partial charge in [0.1, 0.15) is 11.8 Å². The van der Waals surface area contributed by atoms with Gasteiger partial charge in [-0.1, -0.05) is 20.8 Å². The molecule has 1 aliphatic heterocycles. The molecule has 176 valence electrons. The molecule has 1 atom stereocenters. The fraction of sp³-hybridized carbons (Fsp3) is 0.417. The van der Waals surface area contributed by atoms with Gasteiger partial charge in [0, 0.05) is 41.8 Å². The average molecular weight is 472 g/mol. The molecule has 0 unspecified atom stereocenters. The van der Waals surface area contributed by atoms with Gasteiger partial charge >= 0.3 is 0 Å². The molecule has 1 fully saturated rings. The van der Waals surface area contributed by atoms with Gasteiger partial charge in [0.25, 0.3) is 11.5 Å². The van der Waals surface area contributed by atoms with Crippen LogP contribution in [-0.4, -0.2) is 49.6 Å². The normalized spacial score (nSPS) is 17.5. The monoisotopic (exact) mass is 471 g/mol. The van der Waals surface area contributed by atoms with Crippen LogP contribution < -0.4 is 10.3 Å². The number of aromatic nitrogens is 1. The lowest BCUT2D eigenvalue weighted by Crippen LogP contribution is -2.49. The molecule has 8 nitrogen and oxygen atoms in total. The molecule has 0 saturated carbocycles. The molecular formula is C24H29N3O5S. The molecule has 1 aromatic carbocycles. The van der Waals surface area contributed by atoms with Crippen molar-refractivity contribution in [1.82, 2.24) is 14.6 Å². The van der Waals surface area contributed by atoms with Crippen LogP contribution in [0.3, 0.4) is 0 Å². The summed E-state index contributed by atoms with van der Waals surface area (Å²) in [5.74, 6) is -0.215. The summed E-state index contributed by atoms with van der Waals surface area (Å²) < 4.78 is 31.8. The highest BCUT2D eigenvalue weighted by Crippen LogP contribution is 2.37. The van der Waals surface area contributed by atoms with Crippen LogP contribution in [0.5, 0.6) is 0 Å². The maximum absolute atomic E-state index is 13.5. The Bertz CT molecular complexity index is 1360. The number of nitrogens with zero attached hydrogens (tertiary/aromatic N) is 1. The summed E-state index contributed by atoms with van der Waals surface area (Å²) in [6.07, 6.45) is 5.55. The quantitative estimate of drug-likeness (QED) is 0.607. The number of furan rings is 1. The van der Waals surface area contributed by atoms with E-state index in [0.29, 0.717) is 53.6 Å². The van der Waals surface area contributed by atoms with Crippen LogP contribution in [0.4, 0.5) is 0 Å². The lowest BCUT2D eigenvalue weighted by Gasteiger charge is -2.32. The number of pyridine rings is 1. The minimum absolute atomic E-state index is 0.209. The van der Waals surface area contributed by atoms with Gasteiger partial charge in [0.05, 0.1) is 11.8 Å². The third-order valence-corrected chi connectivity index (χ3v) is 6.69. The molecule has 1 saturated heterocycles. The van der Waals surface area contributed by atoms with Gasteiger partial charge in [-0.2, -0.15) is 0 Å². The van der Waals surface area contributed by atoms with Crippen LogP contribution in [0.2, 0.25) is 0 Å². The summed E-state index contributed by atoms with van der Waals surface area (Å²) in [5.41, 5.74) is 2.64. The van der Waals surface area contributed by atoms with Crippen molar-refractivity contribution >= 4 is 26.9 Å². The van der Waals surface area contributed by atoms with E-state index in [1.165, 1.54) is 6.26 Å². The third kappa shape index (κ3) is 4.89. The van der Waals surface area contributed by atoms with Crippen LogP contribution in [-0.2, 0) is 15.4 Å². The molecule has 2 aromatic heterocycles. The van der Waals surface area contributed by atoms with E-state index >= 15 is 0 Å². The molecule has 3 aromatic rings. The minimum atomic E-state index is -3.36. The molecule has 4 rings (SSSR count). The molecule has 3 heterocycles. The van der Waals surface area contributed by atoms with Crippen molar-refractivity contribution in [2.24, 2.45) is 0 Å². The van der Waals surface area contributed by atoms with Crippen molar-refractivity contribution in [3.8, 4) is 11.1 Å². The lowest BCUT2D eigenvalue weighted by atomic mass is 9.84. The molecule has 0 aliphatic carbocycles. The molecule has 9 heteroatoms. The largest absolute Gasteiger partial charge is 0.463 e. The smallest absolute Gasteiger partial charge is 0.257 e. The number of rotatable bonds is 4. The Morgan fingerprint density at radius 1 is 1.27 bits per heavy atom. The van der Waals surface area contributed by atoms with E-state index in [1.54, 1.807) is 23.2 Å². The van der Waals surface area contributed by atoms with Gasteiger partial charge < -0.3 is 14.3 Å². The van der Waals surface area contributed by atoms with Crippen LogP contribution in [0.25, 0.3) is 22.1 Å². The number of nitrogens with one attached hydrogen (secondary N) is 2. The Morgan fingerprint density at radius 2 is 2.03 bits per heavy atom. The number of benzene rings is 1. The molecule has 0 bridgehead atoms. The van der Waals surface area contributed by atoms with Crippen molar-refractivity contribution < 1.29 is 17.6 Å². The molecular weight excluding hydrogens is 442 g/mol. The summed E-state index contributed by atoms with van der Waals surface area (Å²) in [6, 6.07) is 6.96. The van der Waals surface area contributed by atoms with Crippen LogP contribution in [0.1, 0.15) is 49.5 Å².